The minimum Gasteiger partial charge on any atom is -0.359 e. The zero-order chi connectivity index (χ0) is 22.4. The van der Waals surface area contributed by atoms with E-state index >= 15 is 0 Å². The molecule has 3 aromatic rings. The van der Waals surface area contributed by atoms with Crippen molar-refractivity contribution in [1.29, 1.82) is 0 Å². The molecule has 0 aliphatic carbocycles. The lowest BCUT2D eigenvalue weighted by Gasteiger charge is -2.20. The third kappa shape index (κ3) is 5.68. The van der Waals surface area contributed by atoms with E-state index in [9.17, 15) is 18.4 Å². The van der Waals surface area contributed by atoms with Crippen LogP contribution < -0.4 is 14.9 Å². The van der Waals surface area contributed by atoms with E-state index in [1.54, 1.807) is 42.5 Å². The van der Waals surface area contributed by atoms with Gasteiger partial charge in [-0.3, -0.25) is 9.42 Å². The zero-order valence-corrected chi connectivity index (χ0v) is 18.0. The number of amides is 1. The van der Waals surface area contributed by atoms with E-state index in [1.807, 2.05) is 19.9 Å². The van der Waals surface area contributed by atoms with E-state index in [0.717, 1.165) is 0 Å². The maximum atomic E-state index is 12.8. The first kappa shape index (κ1) is 22.4. The van der Waals surface area contributed by atoms with Crippen LogP contribution in [0, 0.1) is 11.1 Å². The van der Waals surface area contributed by atoms with Crippen LogP contribution in [0.2, 0.25) is 0 Å². The van der Waals surface area contributed by atoms with Crippen LogP contribution in [-0.4, -0.2) is 25.5 Å². The summed E-state index contributed by atoms with van der Waals surface area (Å²) in [7, 11) is -3.89. The molecule has 0 unspecified atom stereocenters. The molecule has 2 aromatic carbocycles. The molecule has 0 radical (unpaired) electrons. The number of rotatable bonds is 9. The van der Waals surface area contributed by atoms with Gasteiger partial charge in [-0.2, -0.15) is 4.72 Å². The zero-order valence-electron chi connectivity index (χ0n) is 17.2. The van der Waals surface area contributed by atoms with Gasteiger partial charge < -0.3 is 10.5 Å². The molecule has 1 atom stereocenters. The van der Waals surface area contributed by atoms with E-state index in [-0.39, 0.29) is 34.4 Å². The van der Waals surface area contributed by atoms with Gasteiger partial charge in [0.1, 0.15) is 6.04 Å². The van der Waals surface area contributed by atoms with Crippen molar-refractivity contribution in [3.8, 4) is 11.3 Å². The Bertz CT molecular complexity index is 1120. The monoisotopic (exact) mass is 444 g/mol. The Morgan fingerprint density at radius 3 is 2.32 bits per heavy atom. The predicted octanol–water partition coefficient (Wildman–Crippen LogP) is 1.98. The van der Waals surface area contributed by atoms with Crippen molar-refractivity contribution < 1.29 is 22.7 Å². The molecule has 1 heterocycles. The number of aromatic nitrogens is 2. The van der Waals surface area contributed by atoms with Crippen molar-refractivity contribution in [3.05, 3.63) is 71.6 Å². The molecule has 0 aliphatic heterocycles. The molecule has 0 saturated carbocycles. The number of sulfonamides is 1. The lowest BCUT2D eigenvalue weighted by molar-refractivity contribution is -0.808. The number of hydrogen-bond donors (Lipinski definition) is 2. The molecule has 0 aliphatic rings. The van der Waals surface area contributed by atoms with Crippen LogP contribution in [-0.2, 0) is 21.4 Å². The van der Waals surface area contributed by atoms with Crippen LogP contribution >= 0.6 is 0 Å². The molecule has 0 fully saturated rings. The number of carbonyl (C=O) groups is 1. The van der Waals surface area contributed by atoms with Crippen LogP contribution in [0.5, 0.6) is 0 Å². The van der Waals surface area contributed by atoms with Crippen molar-refractivity contribution in [2.75, 3.05) is 0 Å². The summed E-state index contributed by atoms with van der Waals surface area (Å²) in [6.45, 7) is 3.60. The van der Waals surface area contributed by atoms with Crippen LogP contribution in [0.15, 0.2) is 70.2 Å². The lowest BCUT2D eigenvalue weighted by Crippen LogP contribution is -2.48. The smallest absolute Gasteiger partial charge is 0.253 e. The first-order valence-corrected chi connectivity index (χ1v) is 11.3. The molecular weight excluding hydrogens is 420 g/mol. The van der Waals surface area contributed by atoms with E-state index < -0.39 is 22.0 Å². The van der Waals surface area contributed by atoms with Gasteiger partial charge in [-0.25, -0.2) is 8.42 Å². The second-order valence-corrected chi connectivity index (χ2v) is 9.14. The quantitative estimate of drug-likeness (QED) is 0.486. The molecule has 10 heteroatoms. The molecule has 9 nitrogen and oxygen atoms in total. The van der Waals surface area contributed by atoms with Crippen molar-refractivity contribution >= 4 is 15.9 Å². The van der Waals surface area contributed by atoms with Crippen molar-refractivity contribution in [2.45, 2.75) is 37.8 Å². The van der Waals surface area contributed by atoms with Gasteiger partial charge in [0.25, 0.3) is 5.69 Å². The Morgan fingerprint density at radius 1 is 1.10 bits per heavy atom. The SMILES string of the molecule is CC(C)C[C@H](NS(=O)(=O)c1ccccc1)C(=O)NCc1c(-c2ccccc2)no[n+]1[O-]. The van der Waals surface area contributed by atoms with Crippen molar-refractivity contribution in [2.24, 2.45) is 5.92 Å². The Morgan fingerprint density at radius 2 is 1.71 bits per heavy atom. The average Bonchev–Trinajstić information content (AvgIpc) is 3.12. The summed E-state index contributed by atoms with van der Waals surface area (Å²) in [6, 6.07) is 15.8. The fraction of sp³-hybridized carbons (Fsp3) is 0.286. The van der Waals surface area contributed by atoms with Gasteiger partial charge in [-0.15, -0.1) is 0 Å². The van der Waals surface area contributed by atoms with Crippen molar-refractivity contribution in [1.82, 2.24) is 15.2 Å². The first-order valence-electron chi connectivity index (χ1n) is 9.77. The van der Waals surface area contributed by atoms with Crippen LogP contribution in [0.25, 0.3) is 11.3 Å². The van der Waals surface area contributed by atoms with Crippen LogP contribution in [0.4, 0.5) is 0 Å². The van der Waals surface area contributed by atoms with Gasteiger partial charge in [0.15, 0.2) is 0 Å². The minimum absolute atomic E-state index is 0.0501. The van der Waals surface area contributed by atoms with Gasteiger partial charge in [-0.05, 0) is 29.4 Å². The van der Waals surface area contributed by atoms with E-state index in [4.69, 9.17) is 4.63 Å². The summed E-state index contributed by atoms with van der Waals surface area (Å²) in [5.74, 6) is -0.498. The maximum Gasteiger partial charge on any atom is 0.253 e. The lowest BCUT2D eigenvalue weighted by atomic mass is 10.0. The Kier molecular flexibility index (Phi) is 7.03. The van der Waals surface area contributed by atoms with Crippen LogP contribution in [0.3, 0.4) is 0 Å². The topological polar surface area (TPSA) is 128 Å². The van der Waals surface area contributed by atoms with E-state index in [1.165, 1.54) is 12.1 Å². The number of hydrogen-bond acceptors (Lipinski definition) is 6. The molecule has 0 saturated heterocycles. The molecule has 0 bridgehead atoms. The van der Waals surface area contributed by atoms with Gasteiger partial charge >= 0.3 is 0 Å². The molecule has 3 rings (SSSR count). The van der Waals surface area contributed by atoms with Crippen LogP contribution in [0.1, 0.15) is 26.0 Å². The highest BCUT2D eigenvalue weighted by molar-refractivity contribution is 7.89. The second-order valence-electron chi connectivity index (χ2n) is 7.43. The third-order valence-electron chi connectivity index (χ3n) is 4.55. The highest BCUT2D eigenvalue weighted by atomic mass is 32.2. The molecule has 164 valence electrons. The highest BCUT2D eigenvalue weighted by Gasteiger charge is 2.28. The minimum atomic E-state index is -3.89. The Labute approximate surface area is 180 Å². The van der Waals surface area contributed by atoms with Crippen molar-refractivity contribution in [3.63, 3.8) is 0 Å². The summed E-state index contributed by atoms with van der Waals surface area (Å²) in [6.07, 6.45) is 0.282. The first-order chi connectivity index (χ1) is 14.8. The molecular formula is C21H24N4O5S. The third-order valence-corrected chi connectivity index (χ3v) is 6.04. The number of nitrogens with zero attached hydrogens (tertiary/aromatic N) is 2. The summed E-state index contributed by atoms with van der Waals surface area (Å²) in [4.78, 5) is 13.1. The highest BCUT2D eigenvalue weighted by Crippen LogP contribution is 2.19. The molecule has 1 amide bonds. The van der Waals surface area contributed by atoms with E-state index in [2.05, 4.69) is 15.2 Å². The normalized spacial score (nSPS) is 12.6. The summed E-state index contributed by atoms with van der Waals surface area (Å²) in [5.41, 5.74) is 1.09. The fourth-order valence-corrected chi connectivity index (χ4v) is 4.29. The molecule has 0 spiro atoms. The molecule has 1 aromatic heterocycles. The predicted molar refractivity (Wildman–Crippen MR) is 113 cm³/mol. The summed E-state index contributed by atoms with van der Waals surface area (Å²) < 4.78 is 32.5. The van der Waals surface area contributed by atoms with Gasteiger partial charge in [0.2, 0.25) is 21.6 Å². The maximum absolute atomic E-state index is 12.8. The molecule has 2 N–H and O–H groups in total. The van der Waals surface area contributed by atoms with Gasteiger partial charge in [0, 0.05) is 10.7 Å². The fourth-order valence-electron chi connectivity index (χ4n) is 3.06. The van der Waals surface area contributed by atoms with Gasteiger partial charge in [-0.1, -0.05) is 62.4 Å². The Hall–Kier alpha value is -3.24. The molecule has 31 heavy (non-hydrogen) atoms. The summed E-state index contributed by atoms with van der Waals surface area (Å²) >= 11 is 0. The number of nitrogens with one attached hydrogen (secondary N) is 2. The average molecular weight is 445 g/mol. The second kappa shape index (κ2) is 9.71. The van der Waals surface area contributed by atoms with Gasteiger partial charge in [0.05, 0.1) is 11.4 Å². The largest absolute Gasteiger partial charge is 0.359 e. The summed E-state index contributed by atoms with van der Waals surface area (Å²) in [5, 5.41) is 18.4. The number of carbonyl (C=O) groups excluding carboxylic acids is 1. The number of benzene rings is 2. The van der Waals surface area contributed by atoms with E-state index in [0.29, 0.717) is 11.3 Å². The Balaban J connectivity index is 1.76. The standard InChI is InChI=1S/C21H24N4O5S/c1-15(2)13-18(24-31(28,29)17-11-7-4-8-12-17)21(26)22-14-19-20(23-30-25(19)27)16-9-5-3-6-10-16/h3-12,15,18,24H,13-14H2,1-2H3,(H,22,26)/t18-/m0/s1.